The van der Waals surface area contributed by atoms with E-state index in [1.165, 1.54) is 31.2 Å². The summed E-state index contributed by atoms with van der Waals surface area (Å²) in [6, 6.07) is 6.11. The van der Waals surface area contributed by atoms with E-state index in [4.69, 9.17) is 11.6 Å². The molecule has 0 saturated heterocycles. The van der Waals surface area contributed by atoms with E-state index in [0.29, 0.717) is 12.3 Å². The molecule has 1 aromatic rings. The fraction of sp³-hybridized carbons (Fsp3) is 0.611. The van der Waals surface area contributed by atoms with Gasteiger partial charge in [-0.1, -0.05) is 43.5 Å². The normalized spacial score (nSPS) is 23.0. The van der Waals surface area contributed by atoms with Crippen molar-refractivity contribution in [3.63, 3.8) is 0 Å². The minimum atomic E-state index is -0.774. The number of rotatable bonds is 4. The third kappa shape index (κ3) is 4.00. The van der Waals surface area contributed by atoms with Gasteiger partial charge in [0.05, 0.1) is 5.41 Å². The lowest BCUT2D eigenvalue weighted by Crippen LogP contribution is -2.26. The number of halogens is 1. The second-order valence-electron chi connectivity index (χ2n) is 7.18. The Hall–Kier alpha value is -1.02. The van der Waals surface area contributed by atoms with Crippen LogP contribution in [0.4, 0.5) is 0 Å². The number of hydrogen-bond donors (Lipinski definition) is 1. The van der Waals surface area contributed by atoms with Gasteiger partial charge in [-0.25, -0.2) is 0 Å². The van der Waals surface area contributed by atoms with E-state index in [1.54, 1.807) is 13.8 Å². The number of carbonyl (C=O) groups is 1. The Morgan fingerprint density at radius 1 is 1.29 bits per heavy atom. The van der Waals surface area contributed by atoms with Crippen molar-refractivity contribution in [2.45, 2.75) is 58.8 Å². The lowest BCUT2D eigenvalue weighted by atomic mass is 9.79. The van der Waals surface area contributed by atoms with Crippen LogP contribution in [0.2, 0.25) is 5.02 Å². The molecule has 2 nitrogen and oxygen atoms in total. The smallest absolute Gasteiger partial charge is 0.309 e. The Balaban J connectivity index is 2.12. The van der Waals surface area contributed by atoms with Gasteiger partial charge in [-0.3, -0.25) is 4.79 Å². The highest BCUT2D eigenvalue weighted by atomic mass is 35.5. The monoisotopic (exact) mass is 308 g/mol. The summed E-state index contributed by atoms with van der Waals surface area (Å²) >= 11 is 6.46. The molecule has 0 radical (unpaired) electrons. The van der Waals surface area contributed by atoms with E-state index in [9.17, 15) is 9.90 Å². The van der Waals surface area contributed by atoms with Crippen molar-refractivity contribution in [2.75, 3.05) is 0 Å². The van der Waals surface area contributed by atoms with Crippen LogP contribution < -0.4 is 0 Å². The Labute approximate surface area is 132 Å². The molecule has 0 atom stereocenters. The lowest BCUT2D eigenvalue weighted by Gasteiger charge is -2.27. The van der Waals surface area contributed by atoms with Crippen LogP contribution in [-0.2, 0) is 11.2 Å². The van der Waals surface area contributed by atoms with Gasteiger partial charge in [0, 0.05) is 5.02 Å². The van der Waals surface area contributed by atoms with Crippen LogP contribution in [0.1, 0.15) is 63.5 Å². The first-order valence-electron chi connectivity index (χ1n) is 7.81. The van der Waals surface area contributed by atoms with Crippen molar-refractivity contribution < 1.29 is 9.90 Å². The van der Waals surface area contributed by atoms with Crippen molar-refractivity contribution in [3.8, 4) is 0 Å². The molecule has 1 aliphatic carbocycles. The molecule has 1 fully saturated rings. The molecule has 116 valence electrons. The van der Waals surface area contributed by atoms with E-state index >= 15 is 0 Å². The fourth-order valence-corrected chi connectivity index (χ4v) is 3.53. The molecule has 1 N–H and O–H groups in total. The summed E-state index contributed by atoms with van der Waals surface area (Å²) in [5.41, 5.74) is 1.48. The van der Waals surface area contributed by atoms with Crippen LogP contribution in [0.3, 0.4) is 0 Å². The minimum absolute atomic E-state index is 0.504. The van der Waals surface area contributed by atoms with E-state index in [0.717, 1.165) is 16.5 Å². The molecular formula is C18H25ClO2. The minimum Gasteiger partial charge on any atom is -0.481 e. The van der Waals surface area contributed by atoms with Gasteiger partial charge in [0.1, 0.15) is 0 Å². The molecule has 0 amide bonds. The predicted octanol–water partition coefficient (Wildman–Crippen LogP) is 5.29. The van der Waals surface area contributed by atoms with E-state index in [-0.39, 0.29) is 0 Å². The first kappa shape index (κ1) is 16.4. The number of carboxylic acids is 1. The second kappa shape index (κ2) is 6.39. The van der Waals surface area contributed by atoms with Crippen LogP contribution in [0, 0.1) is 11.3 Å². The van der Waals surface area contributed by atoms with Crippen LogP contribution in [0.5, 0.6) is 0 Å². The van der Waals surface area contributed by atoms with Crippen LogP contribution >= 0.6 is 11.6 Å². The zero-order chi connectivity index (χ0) is 15.6. The topological polar surface area (TPSA) is 37.3 Å². The molecule has 1 saturated carbocycles. The molecule has 1 aromatic carbocycles. The van der Waals surface area contributed by atoms with Gasteiger partial charge in [0.25, 0.3) is 0 Å². The molecule has 2 rings (SSSR count). The maximum absolute atomic E-state index is 11.2. The number of benzene rings is 1. The van der Waals surface area contributed by atoms with Crippen molar-refractivity contribution in [3.05, 3.63) is 34.3 Å². The van der Waals surface area contributed by atoms with E-state index in [1.807, 2.05) is 12.1 Å². The Kier molecular flexibility index (Phi) is 4.98. The maximum atomic E-state index is 11.2. The average Bonchev–Trinajstić information content (AvgIpc) is 2.39. The zero-order valence-corrected chi connectivity index (χ0v) is 13.9. The fourth-order valence-electron chi connectivity index (χ4n) is 3.17. The highest BCUT2D eigenvalue weighted by Gasteiger charge is 2.28. The highest BCUT2D eigenvalue weighted by Crippen LogP contribution is 2.39. The largest absolute Gasteiger partial charge is 0.481 e. The van der Waals surface area contributed by atoms with Gasteiger partial charge in [-0.05, 0) is 62.1 Å². The van der Waals surface area contributed by atoms with Gasteiger partial charge >= 0.3 is 5.97 Å². The summed E-state index contributed by atoms with van der Waals surface area (Å²) in [7, 11) is 0. The Bertz CT molecular complexity index is 514. The number of aliphatic carboxylic acids is 1. The van der Waals surface area contributed by atoms with E-state index in [2.05, 4.69) is 13.0 Å². The molecular weight excluding hydrogens is 284 g/mol. The predicted molar refractivity (Wildman–Crippen MR) is 86.9 cm³/mol. The molecule has 1 aliphatic rings. The quantitative estimate of drug-likeness (QED) is 0.821. The molecule has 0 bridgehead atoms. The first-order chi connectivity index (χ1) is 9.79. The standard InChI is InChI=1S/C18H25ClO2/c1-12-4-7-14(8-5-12)15-9-6-13(10-16(15)19)11-18(2,3)17(20)21/h6,9-10,12,14H,4-5,7-8,11H2,1-3H3,(H,20,21). The van der Waals surface area contributed by atoms with Crippen molar-refractivity contribution in [1.29, 1.82) is 0 Å². The molecule has 0 heterocycles. The van der Waals surface area contributed by atoms with Crippen LogP contribution in [-0.4, -0.2) is 11.1 Å². The zero-order valence-electron chi connectivity index (χ0n) is 13.2. The van der Waals surface area contributed by atoms with Crippen molar-refractivity contribution in [2.24, 2.45) is 11.3 Å². The molecule has 0 aliphatic heterocycles. The van der Waals surface area contributed by atoms with Crippen LogP contribution in [0.15, 0.2) is 18.2 Å². The second-order valence-corrected chi connectivity index (χ2v) is 7.59. The molecule has 3 heteroatoms. The van der Waals surface area contributed by atoms with Gasteiger partial charge in [0.2, 0.25) is 0 Å². The Morgan fingerprint density at radius 3 is 2.43 bits per heavy atom. The third-order valence-electron chi connectivity index (χ3n) is 4.75. The highest BCUT2D eigenvalue weighted by molar-refractivity contribution is 6.31. The molecule has 0 aromatic heterocycles. The van der Waals surface area contributed by atoms with Gasteiger partial charge in [0.15, 0.2) is 0 Å². The SMILES string of the molecule is CC1CCC(c2ccc(CC(C)(C)C(=O)O)cc2Cl)CC1. The summed E-state index contributed by atoms with van der Waals surface area (Å²) in [6.45, 7) is 5.81. The maximum Gasteiger partial charge on any atom is 0.309 e. The van der Waals surface area contributed by atoms with Crippen LogP contribution in [0.25, 0.3) is 0 Å². The summed E-state index contributed by atoms with van der Waals surface area (Å²) < 4.78 is 0. The number of carboxylic acid groups (broad SMARTS) is 1. The number of hydrogen-bond acceptors (Lipinski definition) is 1. The van der Waals surface area contributed by atoms with Crippen molar-refractivity contribution in [1.82, 2.24) is 0 Å². The van der Waals surface area contributed by atoms with Gasteiger partial charge in [-0.2, -0.15) is 0 Å². The Morgan fingerprint density at radius 2 is 1.90 bits per heavy atom. The third-order valence-corrected chi connectivity index (χ3v) is 5.07. The van der Waals surface area contributed by atoms with Gasteiger partial charge < -0.3 is 5.11 Å². The molecule has 0 spiro atoms. The first-order valence-corrected chi connectivity index (χ1v) is 8.19. The summed E-state index contributed by atoms with van der Waals surface area (Å²) in [4.78, 5) is 11.2. The average molecular weight is 309 g/mol. The van der Waals surface area contributed by atoms with Gasteiger partial charge in [-0.15, -0.1) is 0 Å². The molecule has 21 heavy (non-hydrogen) atoms. The molecule has 0 unspecified atom stereocenters. The van der Waals surface area contributed by atoms with E-state index < -0.39 is 11.4 Å². The summed E-state index contributed by atoms with van der Waals surface area (Å²) in [6.07, 6.45) is 5.47. The van der Waals surface area contributed by atoms with Crippen molar-refractivity contribution >= 4 is 17.6 Å². The summed E-state index contributed by atoms with van der Waals surface area (Å²) in [5.74, 6) is 0.620. The summed E-state index contributed by atoms with van der Waals surface area (Å²) in [5, 5.41) is 10.0. The lowest BCUT2D eigenvalue weighted by molar-refractivity contribution is -0.146.